The Kier molecular flexibility index (Phi) is 5.73. The van der Waals surface area contributed by atoms with E-state index in [1.807, 2.05) is 77.9 Å². The zero-order valence-corrected chi connectivity index (χ0v) is 22.3. The standard InChI is InChI=1S/C33H29N3O4/c1-22-13-17-25(18-14-22)34-21-33(24-9-5-3-6-10-24)28-29(32(38)35(31(28)37)26-11-7-4-8-12-26)40-36(33)30(34)23-15-19-27(39-2)20-16-23/h3-20,28-30H,21H2,1-2H3/t28-,29+,30-,33-/m0/s1. The first-order chi connectivity index (χ1) is 19.5. The Morgan fingerprint density at radius 2 is 1.43 bits per heavy atom. The molecule has 4 atom stereocenters. The number of anilines is 2. The normalized spacial score (nSPS) is 25.8. The second-order valence-corrected chi connectivity index (χ2v) is 10.6. The van der Waals surface area contributed by atoms with Crippen molar-refractivity contribution in [2.45, 2.75) is 24.7 Å². The van der Waals surface area contributed by atoms with E-state index in [1.165, 1.54) is 4.90 Å². The number of hydrogen-bond donors (Lipinski definition) is 0. The van der Waals surface area contributed by atoms with Crippen LogP contribution in [0.15, 0.2) is 109 Å². The van der Waals surface area contributed by atoms with E-state index in [4.69, 9.17) is 9.57 Å². The van der Waals surface area contributed by atoms with Crippen molar-refractivity contribution in [3.05, 3.63) is 126 Å². The van der Waals surface area contributed by atoms with Gasteiger partial charge in [-0.25, -0.2) is 4.90 Å². The van der Waals surface area contributed by atoms with Gasteiger partial charge in [0.25, 0.3) is 5.91 Å². The van der Waals surface area contributed by atoms with Gasteiger partial charge in [0, 0.05) is 12.2 Å². The number of fused-ring (bicyclic) bond motifs is 3. The summed E-state index contributed by atoms with van der Waals surface area (Å²) in [6.07, 6.45) is -1.31. The van der Waals surface area contributed by atoms with Gasteiger partial charge in [-0.3, -0.25) is 14.4 Å². The number of aryl methyl sites for hydroxylation is 1. The predicted octanol–water partition coefficient (Wildman–Crippen LogP) is 5.22. The fraction of sp³-hybridized carbons (Fsp3) is 0.212. The third-order valence-corrected chi connectivity index (χ3v) is 8.38. The van der Waals surface area contributed by atoms with Crippen LogP contribution in [0.3, 0.4) is 0 Å². The second kappa shape index (κ2) is 9.33. The van der Waals surface area contributed by atoms with Crippen LogP contribution >= 0.6 is 0 Å². The number of benzene rings is 4. The van der Waals surface area contributed by atoms with Crippen molar-refractivity contribution in [1.82, 2.24) is 5.06 Å². The number of hydrogen-bond acceptors (Lipinski definition) is 6. The molecule has 0 bridgehead atoms. The number of hydroxylamine groups is 2. The van der Waals surface area contributed by atoms with Gasteiger partial charge in [-0.05, 0) is 54.4 Å². The number of nitrogens with zero attached hydrogens (tertiary/aromatic N) is 3. The Labute approximate surface area is 233 Å². The number of amides is 2. The van der Waals surface area contributed by atoms with E-state index in [2.05, 4.69) is 36.1 Å². The van der Waals surface area contributed by atoms with Crippen LogP contribution < -0.4 is 14.5 Å². The van der Waals surface area contributed by atoms with Gasteiger partial charge in [-0.1, -0.05) is 78.4 Å². The summed E-state index contributed by atoms with van der Waals surface area (Å²) in [4.78, 5) is 38.4. The van der Waals surface area contributed by atoms with Gasteiger partial charge < -0.3 is 9.64 Å². The highest BCUT2D eigenvalue weighted by molar-refractivity contribution is 6.24. The molecule has 7 heteroatoms. The summed E-state index contributed by atoms with van der Waals surface area (Å²) >= 11 is 0. The number of carbonyl (C=O) groups is 2. The van der Waals surface area contributed by atoms with Crippen molar-refractivity contribution in [3.8, 4) is 5.75 Å². The molecule has 0 aliphatic carbocycles. The first kappa shape index (κ1) is 24.6. The lowest BCUT2D eigenvalue weighted by molar-refractivity contribution is -0.198. The molecule has 7 nitrogen and oxygen atoms in total. The van der Waals surface area contributed by atoms with E-state index in [1.54, 1.807) is 19.2 Å². The van der Waals surface area contributed by atoms with Gasteiger partial charge in [-0.2, -0.15) is 0 Å². The molecule has 7 rings (SSSR count). The molecule has 3 saturated heterocycles. The maximum atomic E-state index is 14.3. The topological polar surface area (TPSA) is 62.3 Å². The molecule has 0 spiro atoms. The Balaban J connectivity index is 1.41. The third kappa shape index (κ3) is 3.51. The molecule has 2 amide bonds. The highest BCUT2D eigenvalue weighted by Gasteiger charge is 2.72. The van der Waals surface area contributed by atoms with E-state index in [-0.39, 0.29) is 18.0 Å². The molecular weight excluding hydrogens is 502 g/mol. The van der Waals surface area contributed by atoms with Gasteiger partial charge in [0.2, 0.25) is 5.91 Å². The van der Waals surface area contributed by atoms with Gasteiger partial charge in [0.15, 0.2) is 6.10 Å². The summed E-state index contributed by atoms with van der Waals surface area (Å²) in [6.45, 7) is 2.52. The van der Waals surface area contributed by atoms with Crippen LogP contribution in [0.5, 0.6) is 5.75 Å². The number of ether oxygens (including phenoxy) is 1. The highest BCUT2D eigenvalue weighted by atomic mass is 16.7. The van der Waals surface area contributed by atoms with Crippen LogP contribution in [0, 0.1) is 12.8 Å². The summed E-state index contributed by atoms with van der Waals surface area (Å²) in [5, 5.41) is 1.91. The van der Waals surface area contributed by atoms with Crippen molar-refractivity contribution in [2.75, 3.05) is 23.5 Å². The minimum absolute atomic E-state index is 0.244. The number of rotatable bonds is 5. The quantitative estimate of drug-likeness (QED) is 0.329. The number of para-hydroxylation sites is 1. The van der Waals surface area contributed by atoms with Crippen molar-refractivity contribution in [1.29, 1.82) is 0 Å². The maximum absolute atomic E-state index is 14.3. The monoisotopic (exact) mass is 531 g/mol. The molecule has 0 unspecified atom stereocenters. The molecule has 4 aromatic carbocycles. The molecule has 0 aromatic heterocycles. The minimum Gasteiger partial charge on any atom is -0.497 e. The van der Waals surface area contributed by atoms with E-state index in [9.17, 15) is 9.59 Å². The summed E-state index contributed by atoms with van der Waals surface area (Å²) in [5.74, 6) is -0.548. The summed E-state index contributed by atoms with van der Waals surface area (Å²) in [7, 11) is 1.64. The second-order valence-electron chi connectivity index (χ2n) is 10.6. The van der Waals surface area contributed by atoms with Gasteiger partial charge in [0.1, 0.15) is 23.4 Å². The average Bonchev–Trinajstić information content (AvgIpc) is 3.59. The first-order valence-electron chi connectivity index (χ1n) is 13.4. The van der Waals surface area contributed by atoms with E-state index >= 15 is 0 Å². The SMILES string of the molecule is COc1ccc([C@H]2N(c3ccc(C)cc3)C[C@]3(c4ccccc4)[C@@H]4C(=O)N(c5ccccc5)C(=O)[C@@H]4ON23)cc1. The fourth-order valence-electron chi connectivity index (χ4n) is 6.49. The molecule has 0 N–H and O–H groups in total. The molecule has 0 radical (unpaired) electrons. The summed E-state index contributed by atoms with van der Waals surface area (Å²) < 4.78 is 5.42. The van der Waals surface area contributed by atoms with Crippen LogP contribution in [0.25, 0.3) is 0 Å². The zero-order valence-electron chi connectivity index (χ0n) is 22.3. The Morgan fingerprint density at radius 3 is 2.08 bits per heavy atom. The summed E-state index contributed by atoms with van der Waals surface area (Å²) in [6, 6.07) is 35.3. The van der Waals surface area contributed by atoms with Gasteiger partial charge in [0.05, 0.1) is 12.8 Å². The molecule has 0 saturated carbocycles. The average molecular weight is 532 g/mol. The molecule has 3 heterocycles. The fourth-order valence-corrected chi connectivity index (χ4v) is 6.49. The van der Waals surface area contributed by atoms with Crippen molar-refractivity contribution < 1.29 is 19.2 Å². The third-order valence-electron chi connectivity index (χ3n) is 8.38. The Morgan fingerprint density at radius 1 is 0.775 bits per heavy atom. The van der Waals surface area contributed by atoms with E-state index in [0.29, 0.717) is 12.2 Å². The van der Waals surface area contributed by atoms with Crippen LogP contribution in [-0.4, -0.2) is 36.6 Å². The molecule has 3 aliphatic rings. The van der Waals surface area contributed by atoms with Crippen molar-refractivity contribution in [2.24, 2.45) is 5.92 Å². The van der Waals surface area contributed by atoms with Crippen molar-refractivity contribution in [3.63, 3.8) is 0 Å². The van der Waals surface area contributed by atoms with Gasteiger partial charge in [-0.15, -0.1) is 5.06 Å². The number of carbonyl (C=O) groups excluding carboxylic acids is 2. The Hall–Kier alpha value is -4.46. The lowest BCUT2D eigenvalue weighted by atomic mass is 9.77. The maximum Gasteiger partial charge on any atom is 0.265 e. The molecular formula is C33H29N3O4. The molecule has 40 heavy (non-hydrogen) atoms. The zero-order chi connectivity index (χ0) is 27.4. The first-order valence-corrected chi connectivity index (χ1v) is 13.4. The highest BCUT2D eigenvalue weighted by Crippen LogP contribution is 2.58. The molecule has 4 aromatic rings. The van der Waals surface area contributed by atoms with Crippen LogP contribution in [0.2, 0.25) is 0 Å². The molecule has 3 aliphatic heterocycles. The van der Waals surface area contributed by atoms with Gasteiger partial charge >= 0.3 is 0 Å². The lowest BCUT2D eigenvalue weighted by Gasteiger charge is -2.35. The number of methoxy groups -OCH3 is 1. The lowest BCUT2D eigenvalue weighted by Crippen LogP contribution is -2.48. The van der Waals surface area contributed by atoms with Crippen LogP contribution in [0.4, 0.5) is 11.4 Å². The van der Waals surface area contributed by atoms with Crippen LogP contribution in [0.1, 0.15) is 22.9 Å². The van der Waals surface area contributed by atoms with E-state index < -0.39 is 17.6 Å². The Bertz CT molecular complexity index is 1560. The summed E-state index contributed by atoms with van der Waals surface area (Å²) in [5.41, 5.74) is 3.73. The van der Waals surface area contributed by atoms with E-state index in [0.717, 1.165) is 28.1 Å². The molecule has 200 valence electrons. The largest absolute Gasteiger partial charge is 0.497 e. The van der Waals surface area contributed by atoms with Crippen molar-refractivity contribution >= 4 is 23.2 Å². The smallest absolute Gasteiger partial charge is 0.265 e. The minimum atomic E-state index is -0.922. The number of imide groups is 1. The molecule has 3 fully saturated rings. The predicted molar refractivity (Wildman–Crippen MR) is 152 cm³/mol. The van der Waals surface area contributed by atoms with Crippen LogP contribution in [-0.2, 0) is 20.0 Å².